The number of oxazole rings is 1. The summed E-state index contributed by atoms with van der Waals surface area (Å²) in [5, 5.41) is 11.9. The third-order valence-electron chi connectivity index (χ3n) is 3.03. The Morgan fingerprint density at radius 3 is 3.11 bits per heavy atom. The first-order chi connectivity index (χ1) is 8.74. The van der Waals surface area contributed by atoms with Gasteiger partial charge in [0.25, 0.3) is 6.01 Å². The van der Waals surface area contributed by atoms with E-state index in [9.17, 15) is 4.79 Å². The third-order valence-corrected chi connectivity index (χ3v) is 3.03. The normalized spacial score (nSPS) is 20.2. The van der Waals surface area contributed by atoms with Gasteiger partial charge in [-0.1, -0.05) is 12.1 Å². The predicted molar refractivity (Wildman–Crippen MR) is 65.6 cm³/mol. The Kier molecular flexibility index (Phi) is 2.64. The van der Waals surface area contributed by atoms with Crippen LogP contribution in [0.4, 0.5) is 6.01 Å². The number of nitrogens with one attached hydrogen (secondary N) is 1. The van der Waals surface area contributed by atoms with Crippen molar-refractivity contribution in [2.24, 2.45) is 0 Å². The molecule has 94 valence electrons. The molecule has 2 heterocycles. The SMILES string of the molecule is O=C(O)C1CN(c2nc3ccccc3o2)CCN1. The van der Waals surface area contributed by atoms with Crippen molar-refractivity contribution in [1.29, 1.82) is 0 Å². The Bertz CT molecular complexity index is 548. The highest BCUT2D eigenvalue weighted by Crippen LogP contribution is 2.22. The van der Waals surface area contributed by atoms with Crippen molar-refractivity contribution in [3.8, 4) is 0 Å². The molecule has 18 heavy (non-hydrogen) atoms. The van der Waals surface area contributed by atoms with E-state index in [0.29, 0.717) is 25.6 Å². The van der Waals surface area contributed by atoms with Gasteiger partial charge in [0.2, 0.25) is 0 Å². The van der Waals surface area contributed by atoms with Gasteiger partial charge >= 0.3 is 5.97 Å². The van der Waals surface area contributed by atoms with Gasteiger partial charge in [-0.3, -0.25) is 4.79 Å². The lowest BCUT2D eigenvalue weighted by molar-refractivity contribution is -0.139. The fraction of sp³-hybridized carbons (Fsp3) is 0.333. The summed E-state index contributed by atoms with van der Waals surface area (Å²) >= 11 is 0. The summed E-state index contributed by atoms with van der Waals surface area (Å²) in [5.41, 5.74) is 1.51. The Labute approximate surface area is 103 Å². The van der Waals surface area contributed by atoms with Crippen LogP contribution in [0.1, 0.15) is 0 Å². The molecule has 1 aromatic heterocycles. The van der Waals surface area contributed by atoms with Crippen LogP contribution in [-0.4, -0.2) is 41.7 Å². The van der Waals surface area contributed by atoms with Crippen molar-refractivity contribution < 1.29 is 14.3 Å². The average Bonchev–Trinajstić information content (AvgIpc) is 2.82. The van der Waals surface area contributed by atoms with Crippen molar-refractivity contribution in [3.05, 3.63) is 24.3 Å². The molecule has 2 N–H and O–H groups in total. The first-order valence-electron chi connectivity index (χ1n) is 5.81. The maximum Gasteiger partial charge on any atom is 0.322 e. The average molecular weight is 247 g/mol. The van der Waals surface area contributed by atoms with Gasteiger partial charge in [-0.15, -0.1) is 0 Å². The van der Waals surface area contributed by atoms with E-state index in [1.54, 1.807) is 0 Å². The molecule has 3 rings (SSSR count). The monoisotopic (exact) mass is 247 g/mol. The van der Waals surface area contributed by atoms with Crippen LogP contribution in [0.25, 0.3) is 11.1 Å². The molecule has 0 bridgehead atoms. The lowest BCUT2D eigenvalue weighted by Crippen LogP contribution is -2.54. The molecule has 6 heteroatoms. The van der Waals surface area contributed by atoms with Crippen molar-refractivity contribution in [1.82, 2.24) is 10.3 Å². The number of rotatable bonds is 2. The van der Waals surface area contributed by atoms with Crippen molar-refractivity contribution in [2.45, 2.75) is 6.04 Å². The highest BCUT2D eigenvalue weighted by atomic mass is 16.4. The number of para-hydroxylation sites is 2. The molecule has 0 radical (unpaired) electrons. The van der Waals surface area contributed by atoms with Crippen LogP contribution in [0, 0.1) is 0 Å². The number of carbonyl (C=O) groups is 1. The third kappa shape index (κ3) is 1.91. The molecule has 0 amide bonds. The van der Waals surface area contributed by atoms with E-state index in [-0.39, 0.29) is 0 Å². The predicted octanol–water partition coefficient (Wildman–Crippen LogP) is 0.691. The minimum atomic E-state index is -0.851. The van der Waals surface area contributed by atoms with Gasteiger partial charge in [0.1, 0.15) is 11.6 Å². The van der Waals surface area contributed by atoms with Crippen LogP contribution in [-0.2, 0) is 4.79 Å². The molecular weight excluding hydrogens is 234 g/mol. The molecule has 0 aliphatic carbocycles. The summed E-state index contributed by atoms with van der Waals surface area (Å²) in [5.74, 6) is -0.851. The zero-order chi connectivity index (χ0) is 12.5. The number of aliphatic carboxylic acids is 1. The molecule has 1 saturated heterocycles. The number of anilines is 1. The van der Waals surface area contributed by atoms with Crippen LogP contribution in [0.15, 0.2) is 28.7 Å². The second-order valence-electron chi connectivity index (χ2n) is 4.26. The van der Waals surface area contributed by atoms with Gasteiger partial charge in [-0.25, -0.2) is 0 Å². The molecule has 0 saturated carbocycles. The molecule has 1 aliphatic heterocycles. The first-order valence-corrected chi connectivity index (χ1v) is 5.81. The Balaban J connectivity index is 1.87. The van der Waals surface area contributed by atoms with E-state index in [1.807, 2.05) is 29.2 Å². The second kappa shape index (κ2) is 4.30. The van der Waals surface area contributed by atoms with Crippen molar-refractivity contribution >= 4 is 23.1 Å². The number of hydrogen-bond acceptors (Lipinski definition) is 5. The van der Waals surface area contributed by atoms with Crippen molar-refractivity contribution in [3.63, 3.8) is 0 Å². The second-order valence-corrected chi connectivity index (χ2v) is 4.26. The maximum absolute atomic E-state index is 11.0. The number of fused-ring (bicyclic) bond motifs is 1. The Hall–Kier alpha value is -2.08. The van der Waals surface area contributed by atoms with Gasteiger partial charge in [0.05, 0.1) is 0 Å². The number of carboxylic acid groups (broad SMARTS) is 1. The molecule has 1 fully saturated rings. The summed E-state index contributed by atoms with van der Waals surface area (Å²) < 4.78 is 5.63. The summed E-state index contributed by atoms with van der Waals surface area (Å²) in [4.78, 5) is 17.2. The topological polar surface area (TPSA) is 78.6 Å². The van der Waals surface area contributed by atoms with Gasteiger partial charge in [0.15, 0.2) is 5.58 Å². The van der Waals surface area contributed by atoms with Gasteiger partial charge in [0, 0.05) is 19.6 Å². The summed E-state index contributed by atoms with van der Waals surface area (Å²) in [6.45, 7) is 1.66. The standard InChI is InChI=1S/C12H13N3O3/c16-11(17)9-7-15(6-5-13-9)12-14-8-3-1-2-4-10(8)18-12/h1-4,9,13H,5-7H2,(H,16,17). The van der Waals surface area contributed by atoms with E-state index in [4.69, 9.17) is 9.52 Å². The molecule has 1 aromatic carbocycles. The maximum atomic E-state index is 11.0. The Morgan fingerprint density at radius 2 is 2.33 bits per heavy atom. The van der Waals surface area contributed by atoms with Crippen LogP contribution < -0.4 is 10.2 Å². The molecule has 6 nitrogen and oxygen atoms in total. The van der Waals surface area contributed by atoms with Crippen LogP contribution >= 0.6 is 0 Å². The number of hydrogen-bond donors (Lipinski definition) is 2. The number of benzene rings is 1. The largest absolute Gasteiger partial charge is 0.480 e. The van der Waals surface area contributed by atoms with E-state index in [2.05, 4.69) is 10.3 Å². The van der Waals surface area contributed by atoms with Crippen LogP contribution in [0.2, 0.25) is 0 Å². The molecule has 2 aromatic rings. The van der Waals surface area contributed by atoms with Gasteiger partial charge < -0.3 is 19.7 Å². The zero-order valence-electron chi connectivity index (χ0n) is 9.67. The van der Waals surface area contributed by atoms with Crippen LogP contribution in [0.5, 0.6) is 0 Å². The molecule has 1 atom stereocenters. The molecule has 1 unspecified atom stereocenters. The van der Waals surface area contributed by atoms with E-state index < -0.39 is 12.0 Å². The number of aromatic nitrogens is 1. The van der Waals surface area contributed by atoms with E-state index >= 15 is 0 Å². The number of nitrogens with zero attached hydrogens (tertiary/aromatic N) is 2. The highest BCUT2D eigenvalue weighted by Gasteiger charge is 2.27. The number of piperazine rings is 1. The summed E-state index contributed by atoms with van der Waals surface area (Å²) in [7, 11) is 0. The summed E-state index contributed by atoms with van der Waals surface area (Å²) in [6, 6.07) is 7.42. The van der Waals surface area contributed by atoms with Gasteiger partial charge in [-0.05, 0) is 12.1 Å². The van der Waals surface area contributed by atoms with Gasteiger partial charge in [-0.2, -0.15) is 4.98 Å². The molecular formula is C12H13N3O3. The zero-order valence-corrected chi connectivity index (χ0v) is 9.67. The smallest absolute Gasteiger partial charge is 0.322 e. The van der Waals surface area contributed by atoms with Crippen molar-refractivity contribution in [2.75, 3.05) is 24.5 Å². The number of carboxylic acids is 1. The minimum absolute atomic E-state index is 0.363. The summed E-state index contributed by atoms with van der Waals surface area (Å²) in [6.07, 6.45) is 0. The Morgan fingerprint density at radius 1 is 1.50 bits per heavy atom. The van der Waals surface area contributed by atoms with E-state index in [0.717, 1.165) is 11.1 Å². The first kappa shape index (κ1) is 11.0. The van der Waals surface area contributed by atoms with E-state index in [1.165, 1.54) is 0 Å². The van der Waals surface area contributed by atoms with Crippen LogP contribution in [0.3, 0.4) is 0 Å². The fourth-order valence-corrected chi connectivity index (χ4v) is 2.08. The fourth-order valence-electron chi connectivity index (χ4n) is 2.08. The lowest BCUT2D eigenvalue weighted by atomic mass is 10.2. The quantitative estimate of drug-likeness (QED) is 0.813. The molecule has 1 aliphatic rings. The highest BCUT2D eigenvalue weighted by molar-refractivity contribution is 5.76. The minimum Gasteiger partial charge on any atom is -0.480 e. The lowest BCUT2D eigenvalue weighted by Gasteiger charge is -2.30. The molecule has 0 spiro atoms.